The largest absolute Gasteiger partial charge is 0.396 e. The van der Waals surface area contributed by atoms with Crippen molar-refractivity contribution in [3.63, 3.8) is 0 Å². The molecule has 1 aliphatic heterocycles. The van der Waals surface area contributed by atoms with E-state index in [4.69, 9.17) is 5.11 Å². The molecule has 2 atom stereocenters. The van der Waals surface area contributed by atoms with Gasteiger partial charge in [-0.2, -0.15) is 0 Å². The maximum atomic E-state index is 9.11. The number of aliphatic hydroxyl groups excluding tert-OH is 1. The van der Waals surface area contributed by atoms with E-state index in [9.17, 15) is 0 Å². The second-order valence-electron chi connectivity index (χ2n) is 5.82. The Morgan fingerprint density at radius 1 is 1.52 bits per heavy atom. The Labute approximate surface area is 133 Å². The summed E-state index contributed by atoms with van der Waals surface area (Å²) in [5.74, 6) is 1.03. The van der Waals surface area contributed by atoms with Crippen molar-refractivity contribution in [3.05, 3.63) is 22.6 Å². The first-order chi connectivity index (χ1) is 10.1. The van der Waals surface area contributed by atoms with E-state index in [0.29, 0.717) is 12.1 Å². The maximum absolute atomic E-state index is 9.11. The summed E-state index contributed by atoms with van der Waals surface area (Å²) in [4.78, 5) is 11.4. The third kappa shape index (κ3) is 2.84. The average Bonchev–Trinajstić information content (AvgIpc) is 3.02. The first kappa shape index (κ1) is 14.9. The Hall–Kier alpha value is -0.980. The van der Waals surface area contributed by atoms with Gasteiger partial charge in [0.15, 0.2) is 5.65 Å². The monoisotopic (exact) mass is 352 g/mol. The SMILES string of the molecule is Cc1nc2ncc(Br)cc2n1[C@H]1CCN(C(C)CCO)C1. The maximum Gasteiger partial charge on any atom is 0.177 e. The van der Waals surface area contributed by atoms with Gasteiger partial charge in [0, 0.05) is 42.4 Å². The smallest absolute Gasteiger partial charge is 0.177 e. The van der Waals surface area contributed by atoms with Crippen LogP contribution in [0.1, 0.15) is 31.6 Å². The fourth-order valence-corrected chi connectivity index (χ4v) is 3.59. The molecule has 2 aromatic rings. The number of aliphatic hydroxyl groups is 1. The molecule has 114 valence electrons. The highest BCUT2D eigenvalue weighted by Gasteiger charge is 2.29. The molecular weight excluding hydrogens is 332 g/mol. The van der Waals surface area contributed by atoms with Crippen molar-refractivity contribution in [1.82, 2.24) is 19.4 Å². The summed E-state index contributed by atoms with van der Waals surface area (Å²) in [7, 11) is 0. The fraction of sp³-hybridized carbons (Fsp3) is 0.600. The van der Waals surface area contributed by atoms with E-state index in [2.05, 4.69) is 55.3 Å². The molecule has 1 fully saturated rings. The Balaban J connectivity index is 1.88. The van der Waals surface area contributed by atoms with E-state index >= 15 is 0 Å². The van der Waals surface area contributed by atoms with Gasteiger partial charge >= 0.3 is 0 Å². The lowest BCUT2D eigenvalue weighted by atomic mass is 10.2. The molecule has 0 aromatic carbocycles. The molecule has 5 nitrogen and oxygen atoms in total. The van der Waals surface area contributed by atoms with Gasteiger partial charge in [0.1, 0.15) is 5.82 Å². The Kier molecular flexibility index (Phi) is 4.28. The highest BCUT2D eigenvalue weighted by atomic mass is 79.9. The molecule has 2 aromatic heterocycles. The first-order valence-electron chi connectivity index (χ1n) is 7.45. The number of rotatable bonds is 4. The molecule has 3 rings (SSSR count). The van der Waals surface area contributed by atoms with Crippen LogP contribution in [0.4, 0.5) is 0 Å². The number of nitrogens with zero attached hydrogens (tertiary/aromatic N) is 4. The molecule has 1 saturated heterocycles. The number of aromatic nitrogens is 3. The van der Waals surface area contributed by atoms with Crippen LogP contribution >= 0.6 is 15.9 Å². The summed E-state index contributed by atoms with van der Waals surface area (Å²) < 4.78 is 3.30. The zero-order valence-electron chi connectivity index (χ0n) is 12.5. The molecule has 0 bridgehead atoms. The normalized spacial score (nSPS) is 21.2. The molecule has 0 aliphatic carbocycles. The molecule has 1 N–H and O–H groups in total. The predicted molar refractivity (Wildman–Crippen MR) is 86.4 cm³/mol. The number of fused-ring (bicyclic) bond motifs is 1. The highest BCUT2D eigenvalue weighted by Crippen LogP contribution is 2.29. The number of pyridine rings is 1. The summed E-state index contributed by atoms with van der Waals surface area (Å²) in [6.07, 6.45) is 3.75. The van der Waals surface area contributed by atoms with Crippen LogP contribution in [0.5, 0.6) is 0 Å². The van der Waals surface area contributed by atoms with Gasteiger partial charge < -0.3 is 9.67 Å². The van der Waals surface area contributed by atoms with E-state index < -0.39 is 0 Å². The lowest BCUT2D eigenvalue weighted by Gasteiger charge is -2.24. The summed E-state index contributed by atoms with van der Waals surface area (Å²) in [6.45, 7) is 6.59. The molecule has 0 spiro atoms. The number of imidazole rings is 1. The summed E-state index contributed by atoms with van der Waals surface area (Å²) >= 11 is 3.50. The van der Waals surface area contributed by atoms with Crippen molar-refractivity contribution in [2.75, 3.05) is 19.7 Å². The van der Waals surface area contributed by atoms with E-state index in [1.54, 1.807) is 6.20 Å². The molecule has 1 unspecified atom stereocenters. The molecule has 6 heteroatoms. The van der Waals surface area contributed by atoms with Crippen LogP contribution in [-0.4, -0.2) is 50.3 Å². The van der Waals surface area contributed by atoms with Crippen LogP contribution in [0.2, 0.25) is 0 Å². The molecule has 21 heavy (non-hydrogen) atoms. The first-order valence-corrected chi connectivity index (χ1v) is 8.24. The van der Waals surface area contributed by atoms with Crippen molar-refractivity contribution >= 4 is 27.1 Å². The quantitative estimate of drug-likeness (QED) is 0.918. The van der Waals surface area contributed by atoms with Gasteiger partial charge in [-0.1, -0.05) is 0 Å². The van der Waals surface area contributed by atoms with Crippen LogP contribution in [0.3, 0.4) is 0 Å². The second-order valence-corrected chi connectivity index (χ2v) is 6.74. The number of hydrogen-bond acceptors (Lipinski definition) is 4. The number of hydrogen-bond donors (Lipinski definition) is 1. The summed E-state index contributed by atoms with van der Waals surface area (Å²) in [5, 5.41) is 9.11. The van der Waals surface area contributed by atoms with Crippen LogP contribution < -0.4 is 0 Å². The minimum atomic E-state index is 0.256. The van der Waals surface area contributed by atoms with Crippen molar-refractivity contribution in [3.8, 4) is 0 Å². The zero-order valence-corrected chi connectivity index (χ0v) is 14.0. The number of likely N-dealkylation sites (tertiary alicyclic amines) is 1. The van der Waals surface area contributed by atoms with Crippen LogP contribution in [0.25, 0.3) is 11.2 Å². The molecule has 0 saturated carbocycles. The third-order valence-corrected chi connectivity index (χ3v) is 4.85. The van der Waals surface area contributed by atoms with Crippen molar-refractivity contribution in [1.29, 1.82) is 0 Å². The van der Waals surface area contributed by atoms with Crippen LogP contribution in [-0.2, 0) is 0 Å². The van der Waals surface area contributed by atoms with Crippen LogP contribution in [0.15, 0.2) is 16.7 Å². The molecular formula is C15H21BrN4O. The highest BCUT2D eigenvalue weighted by molar-refractivity contribution is 9.10. The van der Waals surface area contributed by atoms with E-state index in [1.807, 2.05) is 0 Å². The van der Waals surface area contributed by atoms with Gasteiger partial charge in [0.05, 0.1) is 5.52 Å². The van der Waals surface area contributed by atoms with Gasteiger partial charge in [0.2, 0.25) is 0 Å². The third-order valence-electron chi connectivity index (χ3n) is 4.42. The van der Waals surface area contributed by atoms with Gasteiger partial charge in [-0.15, -0.1) is 0 Å². The van der Waals surface area contributed by atoms with E-state index in [1.165, 1.54) is 0 Å². The van der Waals surface area contributed by atoms with Crippen molar-refractivity contribution in [2.45, 2.75) is 38.8 Å². The van der Waals surface area contributed by atoms with Crippen molar-refractivity contribution in [2.24, 2.45) is 0 Å². The predicted octanol–water partition coefficient (Wildman–Crippen LogP) is 2.52. The van der Waals surface area contributed by atoms with Gasteiger partial charge in [-0.3, -0.25) is 4.90 Å². The second kappa shape index (κ2) is 6.02. The topological polar surface area (TPSA) is 54.2 Å². The Morgan fingerprint density at radius 3 is 3.10 bits per heavy atom. The number of aryl methyl sites for hydroxylation is 1. The van der Waals surface area contributed by atoms with Gasteiger partial charge in [-0.05, 0) is 48.7 Å². The average molecular weight is 353 g/mol. The lowest BCUT2D eigenvalue weighted by molar-refractivity contribution is 0.191. The van der Waals surface area contributed by atoms with Gasteiger partial charge in [0.25, 0.3) is 0 Å². The van der Waals surface area contributed by atoms with E-state index in [-0.39, 0.29) is 6.61 Å². The molecule has 0 amide bonds. The molecule has 0 radical (unpaired) electrons. The standard InChI is InChI=1S/C15H21BrN4O/c1-10(4-6-21)19-5-3-13(9-19)20-11(2)18-15-14(20)7-12(16)8-17-15/h7-8,10,13,21H,3-6,9H2,1-2H3/t10?,13-/m0/s1. The fourth-order valence-electron chi connectivity index (χ4n) is 3.28. The summed E-state index contributed by atoms with van der Waals surface area (Å²) in [5.41, 5.74) is 1.92. The van der Waals surface area contributed by atoms with Crippen molar-refractivity contribution < 1.29 is 5.11 Å². The Bertz CT molecular complexity index is 642. The lowest BCUT2D eigenvalue weighted by Crippen LogP contribution is -2.32. The minimum absolute atomic E-state index is 0.256. The summed E-state index contributed by atoms with van der Waals surface area (Å²) in [6, 6.07) is 2.97. The molecule has 1 aliphatic rings. The molecule has 3 heterocycles. The zero-order chi connectivity index (χ0) is 15.0. The van der Waals surface area contributed by atoms with Gasteiger partial charge in [-0.25, -0.2) is 9.97 Å². The van der Waals surface area contributed by atoms with E-state index in [0.717, 1.165) is 47.4 Å². The van der Waals surface area contributed by atoms with Crippen LogP contribution in [0, 0.1) is 6.92 Å². The Morgan fingerprint density at radius 2 is 2.33 bits per heavy atom. The minimum Gasteiger partial charge on any atom is -0.396 e. The number of halogens is 1.